The largest absolute Gasteiger partial charge is 0.477 e. The summed E-state index contributed by atoms with van der Waals surface area (Å²) in [5.41, 5.74) is 0.862. The number of carbonyl (C=O) groups is 1. The standard InChI is InChI=1S/C13H13N3O3/c1-16(2)9-4-3-5-10(8-9)19-13-14-7-6-11(15-13)12(17)18/h3-8H,1-2H3,(H,17,18). The fourth-order valence-electron chi connectivity index (χ4n) is 1.44. The van der Waals surface area contributed by atoms with Gasteiger partial charge in [-0.3, -0.25) is 0 Å². The van der Waals surface area contributed by atoms with Crippen molar-refractivity contribution in [1.82, 2.24) is 9.97 Å². The molecule has 1 N–H and O–H groups in total. The summed E-state index contributed by atoms with van der Waals surface area (Å²) in [6.07, 6.45) is 1.35. The van der Waals surface area contributed by atoms with Gasteiger partial charge in [-0.2, -0.15) is 4.98 Å². The Morgan fingerprint density at radius 2 is 2.11 bits per heavy atom. The number of benzene rings is 1. The van der Waals surface area contributed by atoms with Gasteiger partial charge < -0.3 is 14.7 Å². The zero-order valence-corrected chi connectivity index (χ0v) is 10.6. The lowest BCUT2D eigenvalue weighted by molar-refractivity contribution is 0.0689. The monoisotopic (exact) mass is 259 g/mol. The molecule has 0 unspecified atom stereocenters. The molecule has 1 aromatic carbocycles. The lowest BCUT2D eigenvalue weighted by Gasteiger charge is -2.13. The zero-order valence-electron chi connectivity index (χ0n) is 10.6. The molecule has 0 aliphatic heterocycles. The number of rotatable bonds is 4. The molecule has 2 aromatic rings. The van der Waals surface area contributed by atoms with Crippen LogP contribution in [0.2, 0.25) is 0 Å². The molecule has 1 aromatic heterocycles. The number of aromatic nitrogens is 2. The molecule has 0 bridgehead atoms. The number of hydrogen-bond acceptors (Lipinski definition) is 5. The number of aromatic carboxylic acids is 1. The van der Waals surface area contributed by atoms with E-state index in [2.05, 4.69) is 9.97 Å². The molecular weight excluding hydrogens is 246 g/mol. The molecule has 6 heteroatoms. The average molecular weight is 259 g/mol. The first-order valence-electron chi connectivity index (χ1n) is 5.58. The topological polar surface area (TPSA) is 75.5 Å². The van der Waals surface area contributed by atoms with Crippen molar-refractivity contribution in [1.29, 1.82) is 0 Å². The van der Waals surface area contributed by atoms with Gasteiger partial charge in [-0.15, -0.1) is 0 Å². The molecule has 0 saturated carbocycles. The second-order valence-corrected chi connectivity index (χ2v) is 4.02. The molecule has 0 aliphatic carbocycles. The predicted molar refractivity (Wildman–Crippen MR) is 69.8 cm³/mol. The van der Waals surface area contributed by atoms with E-state index in [1.165, 1.54) is 12.3 Å². The van der Waals surface area contributed by atoms with E-state index in [0.29, 0.717) is 5.75 Å². The SMILES string of the molecule is CN(C)c1cccc(Oc2nccc(C(=O)O)n2)c1. The zero-order chi connectivity index (χ0) is 13.8. The van der Waals surface area contributed by atoms with Gasteiger partial charge in [-0.25, -0.2) is 9.78 Å². The molecule has 1 heterocycles. The summed E-state index contributed by atoms with van der Waals surface area (Å²) < 4.78 is 5.45. The Labute approximate surface area is 110 Å². The quantitative estimate of drug-likeness (QED) is 0.905. The van der Waals surface area contributed by atoms with Gasteiger partial charge in [-0.05, 0) is 18.2 Å². The first kappa shape index (κ1) is 12.8. The van der Waals surface area contributed by atoms with Crippen LogP contribution in [0.25, 0.3) is 0 Å². The number of hydrogen-bond donors (Lipinski definition) is 1. The van der Waals surface area contributed by atoms with E-state index >= 15 is 0 Å². The van der Waals surface area contributed by atoms with Gasteiger partial charge in [0, 0.05) is 32.0 Å². The predicted octanol–water partition coefficient (Wildman–Crippen LogP) is 2.03. The minimum absolute atomic E-state index is 0.0100. The second-order valence-electron chi connectivity index (χ2n) is 4.02. The van der Waals surface area contributed by atoms with Gasteiger partial charge in [0.2, 0.25) is 0 Å². The van der Waals surface area contributed by atoms with Crippen molar-refractivity contribution in [2.75, 3.05) is 19.0 Å². The fraction of sp³-hybridized carbons (Fsp3) is 0.154. The average Bonchev–Trinajstić information content (AvgIpc) is 2.39. The van der Waals surface area contributed by atoms with Gasteiger partial charge in [0.25, 0.3) is 0 Å². The Morgan fingerprint density at radius 1 is 1.32 bits per heavy atom. The highest BCUT2D eigenvalue weighted by atomic mass is 16.5. The number of carboxylic acid groups (broad SMARTS) is 1. The van der Waals surface area contributed by atoms with Crippen molar-refractivity contribution < 1.29 is 14.6 Å². The van der Waals surface area contributed by atoms with Crippen LogP contribution in [0, 0.1) is 0 Å². The molecule has 0 amide bonds. The third-order valence-corrected chi connectivity index (χ3v) is 2.40. The summed E-state index contributed by atoms with van der Waals surface area (Å²) in [6, 6.07) is 8.66. The maximum absolute atomic E-state index is 10.8. The Balaban J connectivity index is 2.23. The van der Waals surface area contributed by atoms with E-state index in [1.807, 2.05) is 37.2 Å². The van der Waals surface area contributed by atoms with Gasteiger partial charge in [0.1, 0.15) is 5.75 Å². The van der Waals surface area contributed by atoms with Crippen molar-refractivity contribution in [2.24, 2.45) is 0 Å². The van der Waals surface area contributed by atoms with Crippen LogP contribution in [0.4, 0.5) is 5.69 Å². The molecule has 0 radical (unpaired) electrons. The van der Waals surface area contributed by atoms with Crippen molar-refractivity contribution in [2.45, 2.75) is 0 Å². The Hall–Kier alpha value is -2.63. The van der Waals surface area contributed by atoms with Crippen LogP contribution in [-0.2, 0) is 0 Å². The summed E-state index contributed by atoms with van der Waals surface area (Å²) in [7, 11) is 3.83. The summed E-state index contributed by atoms with van der Waals surface area (Å²) in [6.45, 7) is 0. The molecule has 2 rings (SSSR count). The number of anilines is 1. The number of ether oxygens (including phenoxy) is 1. The summed E-state index contributed by atoms with van der Waals surface area (Å²) in [5, 5.41) is 8.84. The highest BCUT2D eigenvalue weighted by Gasteiger charge is 2.08. The smallest absolute Gasteiger partial charge is 0.354 e. The van der Waals surface area contributed by atoms with Crippen LogP contribution in [0.5, 0.6) is 11.8 Å². The van der Waals surface area contributed by atoms with E-state index in [-0.39, 0.29) is 11.7 Å². The maximum Gasteiger partial charge on any atom is 0.354 e. The Kier molecular flexibility index (Phi) is 3.61. The summed E-state index contributed by atoms with van der Waals surface area (Å²) >= 11 is 0. The van der Waals surface area contributed by atoms with Crippen LogP contribution in [0.1, 0.15) is 10.5 Å². The highest BCUT2D eigenvalue weighted by Crippen LogP contribution is 2.22. The van der Waals surface area contributed by atoms with Gasteiger partial charge in [0.15, 0.2) is 5.69 Å². The fourth-order valence-corrected chi connectivity index (χ4v) is 1.44. The first-order chi connectivity index (χ1) is 9.06. The molecule has 19 heavy (non-hydrogen) atoms. The Morgan fingerprint density at radius 3 is 2.79 bits per heavy atom. The summed E-state index contributed by atoms with van der Waals surface area (Å²) in [4.78, 5) is 20.4. The van der Waals surface area contributed by atoms with Crippen LogP contribution in [0.15, 0.2) is 36.5 Å². The highest BCUT2D eigenvalue weighted by molar-refractivity contribution is 5.85. The lowest BCUT2D eigenvalue weighted by atomic mass is 10.3. The molecule has 0 spiro atoms. The molecule has 0 atom stereocenters. The summed E-state index contributed by atoms with van der Waals surface area (Å²) in [5.74, 6) is -0.567. The minimum Gasteiger partial charge on any atom is -0.477 e. The Bertz CT molecular complexity index is 599. The van der Waals surface area contributed by atoms with Crippen LogP contribution >= 0.6 is 0 Å². The molecule has 98 valence electrons. The molecule has 0 saturated heterocycles. The third-order valence-electron chi connectivity index (χ3n) is 2.40. The molecular formula is C13H13N3O3. The van der Waals surface area contributed by atoms with E-state index in [0.717, 1.165) is 5.69 Å². The van der Waals surface area contributed by atoms with Crippen molar-refractivity contribution in [3.8, 4) is 11.8 Å². The van der Waals surface area contributed by atoms with E-state index in [4.69, 9.17) is 9.84 Å². The van der Waals surface area contributed by atoms with Crippen molar-refractivity contribution >= 4 is 11.7 Å². The normalized spacial score (nSPS) is 10.0. The number of nitrogens with zero attached hydrogens (tertiary/aromatic N) is 3. The third kappa shape index (κ3) is 3.19. The molecule has 6 nitrogen and oxygen atoms in total. The van der Waals surface area contributed by atoms with Crippen molar-refractivity contribution in [3.63, 3.8) is 0 Å². The van der Waals surface area contributed by atoms with E-state index in [1.54, 1.807) is 6.07 Å². The lowest BCUT2D eigenvalue weighted by Crippen LogP contribution is -2.08. The second kappa shape index (κ2) is 5.34. The van der Waals surface area contributed by atoms with Crippen LogP contribution in [0.3, 0.4) is 0 Å². The van der Waals surface area contributed by atoms with Gasteiger partial charge >= 0.3 is 12.0 Å². The van der Waals surface area contributed by atoms with Crippen molar-refractivity contribution in [3.05, 3.63) is 42.2 Å². The maximum atomic E-state index is 10.8. The van der Waals surface area contributed by atoms with E-state index in [9.17, 15) is 4.79 Å². The van der Waals surface area contributed by atoms with Gasteiger partial charge in [-0.1, -0.05) is 6.07 Å². The van der Waals surface area contributed by atoms with Gasteiger partial charge in [0.05, 0.1) is 0 Å². The van der Waals surface area contributed by atoms with Crippen LogP contribution in [-0.4, -0.2) is 35.1 Å². The molecule has 0 aliphatic rings. The number of carboxylic acids is 1. The van der Waals surface area contributed by atoms with E-state index < -0.39 is 5.97 Å². The van der Waals surface area contributed by atoms with Crippen LogP contribution < -0.4 is 9.64 Å². The molecule has 0 fully saturated rings. The first-order valence-corrected chi connectivity index (χ1v) is 5.58. The minimum atomic E-state index is -1.12.